The lowest BCUT2D eigenvalue weighted by atomic mass is 10.2. The maximum atomic E-state index is 5.67. The van der Waals surface area contributed by atoms with Crippen LogP contribution in [0.3, 0.4) is 0 Å². The van der Waals surface area contributed by atoms with Crippen molar-refractivity contribution in [3.63, 3.8) is 0 Å². The average molecular weight is 256 g/mol. The molecule has 104 valence electrons. The number of ether oxygens (including phenoxy) is 2. The van der Waals surface area contributed by atoms with E-state index in [1.807, 2.05) is 25.5 Å². The van der Waals surface area contributed by atoms with Crippen molar-refractivity contribution in [3.8, 4) is 0 Å². The molecule has 0 aliphatic carbocycles. The first kappa shape index (κ1) is 15.1. The van der Waals surface area contributed by atoms with Gasteiger partial charge in [0.05, 0.1) is 31.9 Å². The van der Waals surface area contributed by atoms with E-state index in [0.29, 0.717) is 19.8 Å². The molecule has 1 heterocycles. The molecule has 0 atom stereocenters. The fourth-order valence-corrected chi connectivity index (χ4v) is 1.42. The zero-order chi connectivity index (χ0) is 13.4. The standard InChI is InChI=1S/C12H24N4O2/c1-12(2,3)18-8-6-16-11(14-10-15-16)9-13-5-7-17-4/h10,13H,5-9H2,1-4H3. The van der Waals surface area contributed by atoms with Gasteiger partial charge in [0, 0.05) is 13.7 Å². The lowest BCUT2D eigenvalue weighted by Crippen LogP contribution is -2.24. The topological polar surface area (TPSA) is 61.2 Å². The number of nitrogens with zero attached hydrogens (tertiary/aromatic N) is 3. The second-order valence-electron chi connectivity index (χ2n) is 5.03. The fraction of sp³-hybridized carbons (Fsp3) is 0.833. The highest BCUT2D eigenvalue weighted by Crippen LogP contribution is 2.06. The molecule has 0 radical (unpaired) electrons. The Labute approximate surface area is 109 Å². The maximum absolute atomic E-state index is 5.67. The van der Waals surface area contributed by atoms with E-state index >= 15 is 0 Å². The summed E-state index contributed by atoms with van der Waals surface area (Å²) >= 11 is 0. The van der Waals surface area contributed by atoms with Crippen molar-refractivity contribution >= 4 is 0 Å². The summed E-state index contributed by atoms with van der Waals surface area (Å²) in [5, 5.41) is 7.44. The van der Waals surface area contributed by atoms with E-state index in [0.717, 1.165) is 18.9 Å². The number of nitrogens with one attached hydrogen (secondary N) is 1. The molecule has 0 aliphatic rings. The van der Waals surface area contributed by atoms with Crippen LogP contribution < -0.4 is 5.32 Å². The molecule has 0 aromatic carbocycles. The van der Waals surface area contributed by atoms with Crippen LogP contribution in [0.5, 0.6) is 0 Å². The zero-order valence-corrected chi connectivity index (χ0v) is 11.8. The van der Waals surface area contributed by atoms with Crippen LogP contribution in [0.2, 0.25) is 0 Å². The Hall–Kier alpha value is -0.980. The van der Waals surface area contributed by atoms with Crippen LogP contribution in [0.1, 0.15) is 26.6 Å². The highest BCUT2D eigenvalue weighted by molar-refractivity contribution is 4.83. The molecule has 0 aliphatic heterocycles. The Morgan fingerprint density at radius 1 is 1.33 bits per heavy atom. The van der Waals surface area contributed by atoms with Crippen molar-refractivity contribution in [1.29, 1.82) is 0 Å². The molecule has 0 bridgehead atoms. The van der Waals surface area contributed by atoms with Gasteiger partial charge in [0.1, 0.15) is 12.2 Å². The summed E-state index contributed by atoms with van der Waals surface area (Å²) < 4.78 is 12.5. The highest BCUT2D eigenvalue weighted by atomic mass is 16.5. The number of hydrogen-bond donors (Lipinski definition) is 1. The SMILES string of the molecule is COCCNCc1ncnn1CCOC(C)(C)C. The summed E-state index contributed by atoms with van der Waals surface area (Å²) in [6, 6.07) is 0. The normalized spacial score (nSPS) is 12.0. The van der Waals surface area contributed by atoms with Gasteiger partial charge in [-0.3, -0.25) is 0 Å². The summed E-state index contributed by atoms with van der Waals surface area (Å²) in [4.78, 5) is 4.22. The molecule has 1 rings (SSSR count). The largest absolute Gasteiger partial charge is 0.383 e. The van der Waals surface area contributed by atoms with Gasteiger partial charge < -0.3 is 14.8 Å². The Morgan fingerprint density at radius 2 is 2.11 bits per heavy atom. The summed E-state index contributed by atoms with van der Waals surface area (Å²) in [7, 11) is 1.69. The van der Waals surface area contributed by atoms with Crippen LogP contribution in [-0.4, -0.2) is 47.2 Å². The van der Waals surface area contributed by atoms with Crippen LogP contribution in [-0.2, 0) is 22.6 Å². The van der Waals surface area contributed by atoms with Crippen molar-refractivity contribution in [2.45, 2.75) is 39.5 Å². The van der Waals surface area contributed by atoms with E-state index in [2.05, 4.69) is 15.4 Å². The molecular weight excluding hydrogens is 232 g/mol. The summed E-state index contributed by atoms with van der Waals surface area (Å²) in [5.74, 6) is 0.920. The van der Waals surface area contributed by atoms with Gasteiger partial charge in [-0.2, -0.15) is 5.10 Å². The van der Waals surface area contributed by atoms with E-state index < -0.39 is 0 Å². The van der Waals surface area contributed by atoms with Crippen molar-refractivity contribution in [3.05, 3.63) is 12.2 Å². The summed E-state index contributed by atoms with van der Waals surface area (Å²) in [5.41, 5.74) is -0.114. The Morgan fingerprint density at radius 3 is 2.78 bits per heavy atom. The van der Waals surface area contributed by atoms with Gasteiger partial charge in [-0.1, -0.05) is 0 Å². The molecule has 1 aromatic heterocycles. The molecule has 0 unspecified atom stereocenters. The van der Waals surface area contributed by atoms with E-state index in [4.69, 9.17) is 9.47 Å². The van der Waals surface area contributed by atoms with E-state index in [-0.39, 0.29) is 5.60 Å². The quantitative estimate of drug-likeness (QED) is 0.698. The smallest absolute Gasteiger partial charge is 0.140 e. The molecule has 0 fully saturated rings. The third-order valence-corrected chi connectivity index (χ3v) is 2.30. The fourth-order valence-electron chi connectivity index (χ4n) is 1.42. The Balaban J connectivity index is 2.31. The predicted octanol–water partition coefficient (Wildman–Crippen LogP) is 0.829. The molecule has 6 heteroatoms. The van der Waals surface area contributed by atoms with E-state index in [9.17, 15) is 0 Å². The monoisotopic (exact) mass is 256 g/mol. The van der Waals surface area contributed by atoms with Gasteiger partial charge in [0.25, 0.3) is 0 Å². The van der Waals surface area contributed by atoms with Crippen molar-refractivity contribution < 1.29 is 9.47 Å². The van der Waals surface area contributed by atoms with Crippen LogP contribution >= 0.6 is 0 Å². The Bertz CT molecular complexity index is 333. The second kappa shape index (κ2) is 7.45. The minimum Gasteiger partial charge on any atom is -0.383 e. The van der Waals surface area contributed by atoms with Crippen molar-refractivity contribution in [2.75, 3.05) is 26.9 Å². The molecule has 0 spiro atoms. The van der Waals surface area contributed by atoms with E-state index in [1.165, 1.54) is 0 Å². The minimum absolute atomic E-state index is 0.114. The van der Waals surface area contributed by atoms with Gasteiger partial charge in [-0.05, 0) is 20.8 Å². The minimum atomic E-state index is -0.114. The predicted molar refractivity (Wildman–Crippen MR) is 69.3 cm³/mol. The molecule has 18 heavy (non-hydrogen) atoms. The van der Waals surface area contributed by atoms with Crippen LogP contribution in [0.15, 0.2) is 6.33 Å². The van der Waals surface area contributed by atoms with Gasteiger partial charge >= 0.3 is 0 Å². The van der Waals surface area contributed by atoms with Crippen LogP contribution in [0.4, 0.5) is 0 Å². The number of rotatable bonds is 8. The number of hydrogen-bond acceptors (Lipinski definition) is 5. The lowest BCUT2D eigenvalue weighted by Gasteiger charge is -2.19. The first-order chi connectivity index (χ1) is 8.53. The first-order valence-corrected chi connectivity index (χ1v) is 6.23. The molecule has 6 nitrogen and oxygen atoms in total. The highest BCUT2D eigenvalue weighted by Gasteiger charge is 2.10. The molecule has 1 aromatic rings. The van der Waals surface area contributed by atoms with Crippen molar-refractivity contribution in [1.82, 2.24) is 20.1 Å². The van der Waals surface area contributed by atoms with Gasteiger partial charge in [0.2, 0.25) is 0 Å². The maximum Gasteiger partial charge on any atom is 0.140 e. The van der Waals surface area contributed by atoms with Crippen molar-refractivity contribution in [2.24, 2.45) is 0 Å². The van der Waals surface area contributed by atoms with Gasteiger partial charge in [0.15, 0.2) is 0 Å². The lowest BCUT2D eigenvalue weighted by molar-refractivity contribution is -0.00823. The molecule has 0 amide bonds. The summed E-state index contributed by atoms with van der Waals surface area (Å²) in [6.45, 7) is 9.68. The third-order valence-electron chi connectivity index (χ3n) is 2.30. The average Bonchev–Trinajstić information content (AvgIpc) is 2.71. The molecule has 0 saturated heterocycles. The molecule has 0 saturated carbocycles. The van der Waals surface area contributed by atoms with Gasteiger partial charge in [-0.15, -0.1) is 0 Å². The van der Waals surface area contributed by atoms with Crippen LogP contribution in [0.25, 0.3) is 0 Å². The number of aromatic nitrogens is 3. The van der Waals surface area contributed by atoms with E-state index in [1.54, 1.807) is 13.4 Å². The zero-order valence-electron chi connectivity index (χ0n) is 11.8. The first-order valence-electron chi connectivity index (χ1n) is 6.23. The third kappa shape index (κ3) is 6.09. The van der Waals surface area contributed by atoms with Gasteiger partial charge in [-0.25, -0.2) is 9.67 Å². The number of methoxy groups -OCH3 is 1. The second-order valence-corrected chi connectivity index (χ2v) is 5.03. The molecule has 1 N–H and O–H groups in total. The Kier molecular flexibility index (Phi) is 6.24. The summed E-state index contributed by atoms with van der Waals surface area (Å²) in [6.07, 6.45) is 1.57. The van der Waals surface area contributed by atoms with Crippen LogP contribution in [0, 0.1) is 0 Å². The molecular formula is C12H24N4O2.